The van der Waals surface area contributed by atoms with Crippen molar-refractivity contribution in [2.24, 2.45) is 5.10 Å². The number of nitrogens with zero attached hydrogens (tertiary/aromatic N) is 1. The lowest BCUT2D eigenvalue weighted by atomic mass is 10.2. The summed E-state index contributed by atoms with van der Waals surface area (Å²) in [5, 5.41) is 5.14. The van der Waals surface area contributed by atoms with Crippen LogP contribution < -0.4 is 19.6 Å². The zero-order valence-electron chi connectivity index (χ0n) is 18.2. The van der Waals surface area contributed by atoms with Crippen molar-refractivity contribution in [1.29, 1.82) is 0 Å². The first-order valence-corrected chi connectivity index (χ1v) is 11.2. The molecule has 172 valence electrons. The number of halogens is 1. The fourth-order valence-electron chi connectivity index (χ4n) is 3.20. The van der Waals surface area contributed by atoms with Gasteiger partial charge in [0.15, 0.2) is 11.5 Å². The zero-order valence-corrected chi connectivity index (χ0v) is 19.8. The van der Waals surface area contributed by atoms with Gasteiger partial charge in [0.05, 0.1) is 31.0 Å². The van der Waals surface area contributed by atoms with E-state index in [1.807, 2.05) is 24.3 Å². The van der Waals surface area contributed by atoms with Crippen molar-refractivity contribution in [3.63, 3.8) is 0 Å². The van der Waals surface area contributed by atoms with Gasteiger partial charge in [-0.05, 0) is 42.0 Å². The molecular weight excluding hydrogens is 476 g/mol. The summed E-state index contributed by atoms with van der Waals surface area (Å²) in [5.41, 5.74) is 3.44. The van der Waals surface area contributed by atoms with Crippen molar-refractivity contribution < 1.29 is 23.8 Å². The van der Waals surface area contributed by atoms with Crippen LogP contribution in [0.1, 0.15) is 25.6 Å². The highest BCUT2D eigenvalue weighted by Crippen LogP contribution is 2.37. The van der Waals surface area contributed by atoms with Crippen LogP contribution >= 0.6 is 22.9 Å². The Morgan fingerprint density at radius 2 is 1.68 bits per heavy atom. The Balaban J connectivity index is 1.47. The lowest BCUT2D eigenvalue weighted by Gasteiger charge is -2.09. The van der Waals surface area contributed by atoms with Gasteiger partial charge in [-0.1, -0.05) is 41.9 Å². The molecule has 0 aliphatic heterocycles. The molecule has 9 heteroatoms. The van der Waals surface area contributed by atoms with Crippen molar-refractivity contribution in [1.82, 2.24) is 5.43 Å². The summed E-state index contributed by atoms with van der Waals surface area (Å²) in [6.45, 7) is 0. The number of ether oxygens (including phenoxy) is 3. The van der Waals surface area contributed by atoms with Crippen LogP contribution in [0.25, 0.3) is 10.1 Å². The topological polar surface area (TPSA) is 86.2 Å². The minimum atomic E-state index is -0.574. The third kappa shape index (κ3) is 4.88. The SMILES string of the molecule is COc1cc(C=NNC(=O)c2ccccc2OC)ccc1OC(=O)c1sc2ccccc2c1Cl. The van der Waals surface area contributed by atoms with Crippen LogP contribution in [0.3, 0.4) is 0 Å². The van der Waals surface area contributed by atoms with E-state index in [-0.39, 0.29) is 5.75 Å². The van der Waals surface area contributed by atoms with E-state index in [2.05, 4.69) is 10.5 Å². The highest BCUT2D eigenvalue weighted by atomic mass is 35.5. The molecule has 0 aliphatic carbocycles. The molecule has 1 heterocycles. The Hall–Kier alpha value is -3.88. The standard InChI is InChI=1S/C25H19ClN2O5S/c1-31-18-9-5-3-7-16(18)24(29)28-27-14-15-11-12-19(20(13-15)32-2)33-25(30)23-22(26)17-8-4-6-10-21(17)34-23/h3-14H,1-2H3,(H,28,29). The van der Waals surface area contributed by atoms with Gasteiger partial charge in [-0.25, -0.2) is 10.2 Å². The summed E-state index contributed by atoms with van der Waals surface area (Å²) in [4.78, 5) is 25.4. The van der Waals surface area contributed by atoms with Gasteiger partial charge in [0.25, 0.3) is 5.91 Å². The molecule has 0 spiro atoms. The van der Waals surface area contributed by atoms with Gasteiger partial charge in [-0.15, -0.1) is 11.3 Å². The molecule has 0 atom stereocenters. The molecule has 3 aromatic carbocycles. The number of carbonyl (C=O) groups excluding carboxylic acids is 2. The van der Waals surface area contributed by atoms with Crippen molar-refractivity contribution >= 4 is 51.1 Å². The van der Waals surface area contributed by atoms with Crippen LogP contribution in [0.15, 0.2) is 71.8 Å². The normalized spacial score (nSPS) is 10.9. The number of para-hydroxylation sites is 1. The average Bonchev–Trinajstić information content (AvgIpc) is 3.21. The van der Waals surface area contributed by atoms with Crippen LogP contribution in [0, 0.1) is 0 Å². The summed E-state index contributed by atoms with van der Waals surface area (Å²) in [6, 6.07) is 19.2. The number of methoxy groups -OCH3 is 2. The molecule has 1 aromatic heterocycles. The first-order chi connectivity index (χ1) is 16.5. The lowest BCUT2D eigenvalue weighted by Crippen LogP contribution is -2.18. The number of hydrogen-bond acceptors (Lipinski definition) is 7. The molecule has 0 unspecified atom stereocenters. The molecular formula is C25H19ClN2O5S. The molecule has 0 saturated heterocycles. The molecule has 0 fully saturated rings. The smallest absolute Gasteiger partial charge is 0.355 e. The number of benzene rings is 3. The lowest BCUT2D eigenvalue weighted by molar-refractivity contribution is 0.0734. The maximum absolute atomic E-state index is 12.8. The van der Waals surface area contributed by atoms with Gasteiger partial charge in [-0.3, -0.25) is 4.79 Å². The number of hydrazone groups is 1. The van der Waals surface area contributed by atoms with Gasteiger partial charge in [-0.2, -0.15) is 5.10 Å². The van der Waals surface area contributed by atoms with Crippen molar-refractivity contribution in [3.8, 4) is 17.2 Å². The van der Waals surface area contributed by atoms with E-state index in [4.69, 9.17) is 25.8 Å². The highest BCUT2D eigenvalue weighted by molar-refractivity contribution is 7.21. The summed E-state index contributed by atoms with van der Waals surface area (Å²) >= 11 is 7.65. The third-order valence-corrected chi connectivity index (χ3v) is 6.50. The fourth-order valence-corrected chi connectivity index (χ4v) is 4.58. The Morgan fingerprint density at radius 1 is 0.941 bits per heavy atom. The van der Waals surface area contributed by atoms with Gasteiger partial charge < -0.3 is 14.2 Å². The molecule has 0 radical (unpaired) electrons. The summed E-state index contributed by atoms with van der Waals surface area (Å²) in [5.74, 6) is 0.0185. The van der Waals surface area contributed by atoms with E-state index in [0.717, 1.165) is 10.1 Å². The fraction of sp³-hybridized carbons (Fsp3) is 0.0800. The quantitative estimate of drug-likeness (QED) is 0.157. The summed E-state index contributed by atoms with van der Waals surface area (Å²) in [7, 11) is 2.95. The molecule has 0 aliphatic rings. The van der Waals surface area contributed by atoms with Crippen molar-refractivity contribution in [2.75, 3.05) is 14.2 Å². The Labute approximate surface area is 204 Å². The van der Waals surface area contributed by atoms with Crippen molar-refractivity contribution in [3.05, 3.63) is 87.8 Å². The molecule has 7 nitrogen and oxygen atoms in total. The molecule has 4 rings (SSSR count). The number of fused-ring (bicyclic) bond motifs is 1. The van der Waals surface area contributed by atoms with Crippen LogP contribution in [0.2, 0.25) is 5.02 Å². The van der Waals surface area contributed by atoms with E-state index in [1.54, 1.807) is 42.5 Å². The molecule has 1 N–H and O–H groups in total. The number of hydrogen-bond donors (Lipinski definition) is 1. The Morgan fingerprint density at radius 3 is 2.44 bits per heavy atom. The molecule has 4 aromatic rings. The van der Waals surface area contributed by atoms with E-state index in [9.17, 15) is 9.59 Å². The maximum Gasteiger partial charge on any atom is 0.355 e. The van der Waals surface area contributed by atoms with E-state index < -0.39 is 11.9 Å². The van der Waals surface area contributed by atoms with Gasteiger partial charge in [0.1, 0.15) is 10.6 Å². The highest BCUT2D eigenvalue weighted by Gasteiger charge is 2.20. The minimum absolute atomic E-state index is 0.233. The van der Waals surface area contributed by atoms with Crippen LogP contribution in [-0.2, 0) is 0 Å². The number of esters is 1. The monoisotopic (exact) mass is 494 g/mol. The maximum atomic E-state index is 12.8. The molecule has 0 bridgehead atoms. The molecule has 34 heavy (non-hydrogen) atoms. The number of carbonyl (C=O) groups is 2. The van der Waals surface area contributed by atoms with Crippen LogP contribution in [0.5, 0.6) is 17.2 Å². The second-order valence-electron chi connectivity index (χ2n) is 6.94. The van der Waals surface area contributed by atoms with Crippen LogP contribution in [0.4, 0.5) is 0 Å². The van der Waals surface area contributed by atoms with E-state index >= 15 is 0 Å². The van der Waals surface area contributed by atoms with Crippen LogP contribution in [-0.4, -0.2) is 32.3 Å². The first kappa shape index (κ1) is 23.3. The summed E-state index contributed by atoms with van der Waals surface area (Å²) in [6.07, 6.45) is 1.45. The summed E-state index contributed by atoms with van der Waals surface area (Å²) < 4.78 is 17.0. The van der Waals surface area contributed by atoms with Crippen molar-refractivity contribution in [2.45, 2.75) is 0 Å². The average molecular weight is 495 g/mol. The molecule has 0 saturated carbocycles. The zero-order chi connectivity index (χ0) is 24.1. The Kier molecular flexibility index (Phi) is 7.10. The first-order valence-electron chi connectivity index (χ1n) is 10.1. The molecule has 1 amide bonds. The number of amides is 1. The largest absolute Gasteiger partial charge is 0.496 e. The third-order valence-electron chi connectivity index (χ3n) is 4.84. The minimum Gasteiger partial charge on any atom is -0.496 e. The Bertz CT molecular complexity index is 1400. The van der Waals surface area contributed by atoms with Gasteiger partial charge in [0.2, 0.25) is 0 Å². The second-order valence-corrected chi connectivity index (χ2v) is 8.37. The predicted octanol–water partition coefficient (Wildman–Crippen LogP) is 5.56. The predicted molar refractivity (Wildman–Crippen MR) is 133 cm³/mol. The van der Waals surface area contributed by atoms with E-state index in [1.165, 1.54) is 31.8 Å². The number of nitrogens with one attached hydrogen (secondary N) is 1. The number of rotatable bonds is 7. The van der Waals surface area contributed by atoms with Gasteiger partial charge >= 0.3 is 5.97 Å². The number of thiophene rings is 1. The van der Waals surface area contributed by atoms with Gasteiger partial charge in [0, 0.05) is 10.1 Å². The van der Waals surface area contributed by atoms with E-state index in [0.29, 0.717) is 32.5 Å². The second kappa shape index (κ2) is 10.4.